The van der Waals surface area contributed by atoms with Crippen LogP contribution in [0.15, 0.2) is 53.5 Å². The maximum absolute atomic E-state index is 13.0. The highest BCUT2D eigenvalue weighted by atomic mass is 16.5. The molecular formula is C24H26N2O4. The summed E-state index contributed by atoms with van der Waals surface area (Å²) < 4.78 is 12.9. The van der Waals surface area contributed by atoms with E-state index in [4.69, 9.17) is 9.47 Å². The topological polar surface area (TPSA) is 60.8 Å². The number of aromatic nitrogens is 1. The second kappa shape index (κ2) is 8.22. The minimum atomic E-state index is -0.211. The monoisotopic (exact) mass is 406 g/mol. The molecule has 1 saturated heterocycles. The first-order valence-corrected chi connectivity index (χ1v) is 10.1. The molecule has 3 aromatic rings. The summed E-state index contributed by atoms with van der Waals surface area (Å²) in [7, 11) is 3.51. The Kier molecular flexibility index (Phi) is 5.48. The van der Waals surface area contributed by atoms with E-state index in [1.165, 1.54) is 6.07 Å². The van der Waals surface area contributed by atoms with Crippen molar-refractivity contribution in [1.82, 2.24) is 9.47 Å². The van der Waals surface area contributed by atoms with Crippen LogP contribution in [0.25, 0.3) is 10.8 Å². The smallest absolute Gasteiger partial charge is 0.261 e. The number of likely N-dealkylation sites (tertiary alicyclic amines) is 1. The van der Waals surface area contributed by atoms with E-state index < -0.39 is 0 Å². The Balaban J connectivity index is 1.57. The molecule has 6 nitrogen and oxygen atoms in total. The predicted octanol–water partition coefficient (Wildman–Crippen LogP) is 3.60. The number of carbonyl (C=O) groups is 1. The number of rotatable bonds is 5. The minimum Gasteiger partial charge on any atom is -0.496 e. The molecule has 1 aliphatic heterocycles. The van der Waals surface area contributed by atoms with Crippen LogP contribution in [0, 0.1) is 6.92 Å². The van der Waals surface area contributed by atoms with Gasteiger partial charge in [-0.3, -0.25) is 9.59 Å². The van der Waals surface area contributed by atoms with Gasteiger partial charge in [0.2, 0.25) is 5.43 Å². The molecule has 1 unspecified atom stereocenters. The number of nitrogens with zero attached hydrogens (tertiary/aromatic N) is 2. The summed E-state index contributed by atoms with van der Waals surface area (Å²) in [5, 5.41) is 2.13. The first kappa shape index (κ1) is 20.0. The number of pyridine rings is 1. The number of hydrogen-bond donors (Lipinski definition) is 0. The summed E-state index contributed by atoms with van der Waals surface area (Å²) in [4.78, 5) is 27.0. The summed E-state index contributed by atoms with van der Waals surface area (Å²) in [6.45, 7) is 2.38. The molecule has 2 aromatic carbocycles. The molecule has 6 heteroatoms. The van der Waals surface area contributed by atoms with Crippen LogP contribution in [0.3, 0.4) is 0 Å². The zero-order valence-corrected chi connectivity index (χ0v) is 17.6. The lowest BCUT2D eigenvalue weighted by atomic mass is 9.96. The average molecular weight is 406 g/mol. The second-order valence-corrected chi connectivity index (χ2v) is 7.69. The maximum Gasteiger partial charge on any atom is 0.261 e. The van der Waals surface area contributed by atoms with E-state index in [0.717, 1.165) is 40.6 Å². The number of aryl methyl sites for hydroxylation is 2. The number of benzene rings is 2. The Morgan fingerprint density at radius 1 is 1.13 bits per heavy atom. The highest BCUT2D eigenvalue weighted by Crippen LogP contribution is 2.38. The van der Waals surface area contributed by atoms with Gasteiger partial charge in [0.15, 0.2) is 12.4 Å². The van der Waals surface area contributed by atoms with Gasteiger partial charge in [-0.15, -0.1) is 0 Å². The van der Waals surface area contributed by atoms with E-state index in [2.05, 4.69) is 6.07 Å². The third-order valence-electron chi connectivity index (χ3n) is 5.87. The number of methoxy groups -OCH3 is 1. The van der Waals surface area contributed by atoms with Crippen molar-refractivity contribution in [3.63, 3.8) is 0 Å². The minimum absolute atomic E-state index is 0.0160. The quantitative estimate of drug-likeness (QED) is 0.650. The molecule has 156 valence electrons. The molecule has 1 fully saturated rings. The number of carbonyl (C=O) groups excluding carboxylic acids is 1. The van der Waals surface area contributed by atoms with Crippen molar-refractivity contribution >= 4 is 16.7 Å². The zero-order chi connectivity index (χ0) is 21.3. The molecule has 2 heterocycles. The van der Waals surface area contributed by atoms with E-state index in [-0.39, 0.29) is 29.7 Å². The van der Waals surface area contributed by atoms with Crippen LogP contribution in [-0.2, 0) is 11.8 Å². The highest BCUT2D eigenvalue weighted by Gasteiger charge is 2.31. The normalized spacial score (nSPS) is 16.1. The van der Waals surface area contributed by atoms with Crippen LogP contribution in [0.1, 0.15) is 30.1 Å². The van der Waals surface area contributed by atoms with Crippen molar-refractivity contribution in [2.75, 3.05) is 20.3 Å². The second-order valence-electron chi connectivity index (χ2n) is 7.69. The Morgan fingerprint density at radius 3 is 2.67 bits per heavy atom. The lowest BCUT2D eigenvalue weighted by molar-refractivity contribution is -0.134. The van der Waals surface area contributed by atoms with Crippen LogP contribution in [-0.4, -0.2) is 35.6 Å². The maximum atomic E-state index is 13.0. The fourth-order valence-electron chi connectivity index (χ4n) is 4.19. The lowest BCUT2D eigenvalue weighted by Crippen LogP contribution is -2.35. The van der Waals surface area contributed by atoms with Gasteiger partial charge in [0.05, 0.1) is 13.2 Å². The largest absolute Gasteiger partial charge is 0.496 e. The Hall–Kier alpha value is -3.28. The number of hydrogen-bond acceptors (Lipinski definition) is 4. The van der Waals surface area contributed by atoms with E-state index in [1.54, 1.807) is 13.3 Å². The van der Waals surface area contributed by atoms with E-state index in [0.29, 0.717) is 6.54 Å². The summed E-state index contributed by atoms with van der Waals surface area (Å²) in [5.41, 5.74) is 1.74. The predicted molar refractivity (Wildman–Crippen MR) is 116 cm³/mol. The molecule has 0 radical (unpaired) electrons. The van der Waals surface area contributed by atoms with E-state index in [1.807, 2.05) is 53.8 Å². The molecule has 0 spiro atoms. The molecule has 0 bridgehead atoms. The van der Waals surface area contributed by atoms with Gasteiger partial charge < -0.3 is 18.9 Å². The molecule has 1 aliphatic rings. The van der Waals surface area contributed by atoms with E-state index in [9.17, 15) is 9.59 Å². The molecule has 4 rings (SSSR count). The third-order valence-corrected chi connectivity index (χ3v) is 5.87. The van der Waals surface area contributed by atoms with Crippen LogP contribution < -0.4 is 14.9 Å². The van der Waals surface area contributed by atoms with Gasteiger partial charge in [-0.25, -0.2) is 0 Å². The van der Waals surface area contributed by atoms with Crippen molar-refractivity contribution in [2.24, 2.45) is 7.05 Å². The fourth-order valence-corrected chi connectivity index (χ4v) is 4.19. The first-order chi connectivity index (χ1) is 14.5. The average Bonchev–Trinajstić information content (AvgIpc) is 3.24. The summed E-state index contributed by atoms with van der Waals surface area (Å²) in [6.07, 6.45) is 3.46. The van der Waals surface area contributed by atoms with Crippen LogP contribution in [0.5, 0.6) is 11.5 Å². The van der Waals surface area contributed by atoms with Crippen molar-refractivity contribution in [1.29, 1.82) is 0 Å². The Bertz CT molecular complexity index is 1150. The molecule has 0 aliphatic carbocycles. The standard InChI is InChI=1S/C24H26N2O4/c1-16-13-21(27)23(14-25(16)2)30-15-24(28)26-12-6-9-20(26)18-10-11-22(29-3)19-8-5-4-7-17(18)19/h4-5,7-8,10-11,13-14,20H,6,9,12,15H2,1-3H3. The lowest BCUT2D eigenvalue weighted by Gasteiger charge is -2.26. The molecule has 0 N–H and O–H groups in total. The summed E-state index contributed by atoms with van der Waals surface area (Å²) in [6, 6.07) is 13.6. The molecular weight excluding hydrogens is 380 g/mol. The Morgan fingerprint density at radius 2 is 1.90 bits per heavy atom. The van der Waals surface area contributed by atoms with Gasteiger partial charge in [-0.1, -0.05) is 30.3 Å². The fraction of sp³-hybridized carbons (Fsp3) is 0.333. The molecule has 1 aromatic heterocycles. The first-order valence-electron chi connectivity index (χ1n) is 10.1. The third kappa shape index (κ3) is 3.65. The van der Waals surface area contributed by atoms with E-state index >= 15 is 0 Å². The SMILES string of the molecule is COc1ccc(C2CCCN2C(=O)COc2cn(C)c(C)cc2=O)c2ccccc12. The van der Waals surface area contributed by atoms with Gasteiger partial charge in [-0.05, 0) is 36.8 Å². The van der Waals surface area contributed by atoms with Gasteiger partial charge >= 0.3 is 0 Å². The van der Waals surface area contributed by atoms with Gasteiger partial charge in [-0.2, -0.15) is 0 Å². The number of fused-ring (bicyclic) bond motifs is 1. The molecule has 1 atom stereocenters. The van der Waals surface area contributed by atoms with Crippen molar-refractivity contribution in [3.05, 3.63) is 70.1 Å². The molecule has 1 amide bonds. The van der Waals surface area contributed by atoms with Gasteiger partial charge in [0, 0.05) is 36.9 Å². The van der Waals surface area contributed by atoms with Gasteiger partial charge in [0.1, 0.15) is 5.75 Å². The van der Waals surface area contributed by atoms with Crippen LogP contribution in [0.2, 0.25) is 0 Å². The summed E-state index contributed by atoms with van der Waals surface area (Å²) in [5.74, 6) is 0.908. The molecule has 0 saturated carbocycles. The van der Waals surface area contributed by atoms with Crippen molar-refractivity contribution in [2.45, 2.75) is 25.8 Å². The highest BCUT2D eigenvalue weighted by molar-refractivity contribution is 5.92. The molecule has 30 heavy (non-hydrogen) atoms. The number of ether oxygens (including phenoxy) is 2. The Labute approximate surface area is 175 Å². The van der Waals surface area contributed by atoms with Crippen molar-refractivity contribution in [3.8, 4) is 11.5 Å². The van der Waals surface area contributed by atoms with Crippen molar-refractivity contribution < 1.29 is 14.3 Å². The number of amides is 1. The van der Waals surface area contributed by atoms with Crippen LogP contribution in [0.4, 0.5) is 0 Å². The zero-order valence-electron chi connectivity index (χ0n) is 17.6. The van der Waals surface area contributed by atoms with Gasteiger partial charge in [0.25, 0.3) is 5.91 Å². The summed E-state index contributed by atoms with van der Waals surface area (Å²) >= 11 is 0. The van der Waals surface area contributed by atoms with Crippen LogP contribution >= 0.6 is 0 Å².